The highest BCUT2D eigenvalue weighted by Gasteiger charge is 2.12. The van der Waals surface area contributed by atoms with Crippen LogP contribution in [-0.4, -0.2) is 33.0 Å². The predicted octanol–water partition coefficient (Wildman–Crippen LogP) is 3.96. The second-order valence-electron chi connectivity index (χ2n) is 6.21. The molecule has 0 aliphatic heterocycles. The maximum absolute atomic E-state index is 12.3. The minimum atomic E-state index is -0.0792. The summed E-state index contributed by atoms with van der Waals surface area (Å²) in [5, 5.41) is 12.0. The SMILES string of the molecule is CCOc1ccc(NC(=O)CSc2nnc(C)n2CCc2ccccc2)cc1. The number of hydrogen-bond donors (Lipinski definition) is 1. The van der Waals surface area contributed by atoms with E-state index in [1.54, 1.807) is 0 Å². The summed E-state index contributed by atoms with van der Waals surface area (Å²) in [6, 6.07) is 17.7. The lowest BCUT2D eigenvalue weighted by molar-refractivity contribution is -0.113. The molecule has 0 spiro atoms. The lowest BCUT2D eigenvalue weighted by Gasteiger charge is -2.09. The second-order valence-corrected chi connectivity index (χ2v) is 7.15. The van der Waals surface area contributed by atoms with Crippen molar-refractivity contribution in [2.75, 3.05) is 17.7 Å². The number of amides is 1. The summed E-state index contributed by atoms with van der Waals surface area (Å²) in [6.45, 7) is 5.27. The van der Waals surface area contributed by atoms with Crippen LogP contribution in [-0.2, 0) is 17.8 Å². The summed E-state index contributed by atoms with van der Waals surface area (Å²) in [6.07, 6.45) is 0.895. The number of ether oxygens (including phenoxy) is 1. The van der Waals surface area contributed by atoms with E-state index in [1.165, 1.54) is 17.3 Å². The van der Waals surface area contributed by atoms with E-state index in [0.29, 0.717) is 6.61 Å². The third-order valence-electron chi connectivity index (χ3n) is 4.15. The van der Waals surface area contributed by atoms with Crippen LogP contribution in [0.5, 0.6) is 5.75 Å². The molecule has 0 aliphatic carbocycles. The van der Waals surface area contributed by atoms with Crippen LogP contribution >= 0.6 is 11.8 Å². The third kappa shape index (κ3) is 5.60. The molecule has 1 amide bonds. The van der Waals surface area contributed by atoms with E-state index in [1.807, 2.05) is 56.3 Å². The maximum atomic E-state index is 12.3. The van der Waals surface area contributed by atoms with Gasteiger partial charge in [-0.25, -0.2) is 0 Å². The summed E-state index contributed by atoms with van der Waals surface area (Å²) >= 11 is 1.39. The normalized spacial score (nSPS) is 10.6. The summed E-state index contributed by atoms with van der Waals surface area (Å²) in [4.78, 5) is 12.3. The van der Waals surface area contributed by atoms with Crippen molar-refractivity contribution in [2.45, 2.75) is 32.0 Å². The Morgan fingerprint density at radius 2 is 1.86 bits per heavy atom. The summed E-state index contributed by atoms with van der Waals surface area (Å²) in [7, 11) is 0. The topological polar surface area (TPSA) is 69.0 Å². The quantitative estimate of drug-likeness (QED) is 0.555. The molecular formula is C21H24N4O2S. The highest BCUT2D eigenvalue weighted by Crippen LogP contribution is 2.19. The highest BCUT2D eigenvalue weighted by molar-refractivity contribution is 7.99. The Morgan fingerprint density at radius 3 is 2.57 bits per heavy atom. The first-order chi connectivity index (χ1) is 13.7. The number of aromatic nitrogens is 3. The largest absolute Gasteiger partial charge is 0.494 e. The van der Waals surface area contributed by atoms with Gasteiger partial charge in [0.15, 0.2) is 5.16 Å². The molecule has 7 heteroatoms. The number of anilines is 1. The van der Waals surface area contributed by atoms with Gasteiger partial charge in [0.05, 0.1) is 12.4 Å². The van der Waals surface area contributed by atoms with Crippen molar-refractivity contribution in [3.05, 3.63) is 66.0 Å². The predicted molar refractivity (Wildman–Crippen MR) is 112 cm³/mol. The Labute approximate surface area is 169 Å². The van der Waals surface area contributed by atoms with Gasteiger partial charge in [0, 0.05) is 12.2 Å². The first-order valence-electron chi connectivity index (χ1n) is 9.25. The van der Waals surface area contributed by atoms with Crippen molar-refractivity contribution < 1.29 is 9.53 Å². The van der Waals surface area contributed by atoms with E-state index < -0.39 is 0 Å². The van der Waals surface area contributed by atoms with Gasteiger partial charge in [0.1, 0.15) is 11.6 Å². The first-order valence-corrected chi connectivity index (χ1v) is 10.2. The monoisotopic (exact) mass is 396 g/mol. The number of carbonyl (C=O) groups excluding carboxylic acids is 1. The van der Waals surface area contributed by atoms with Gasteiger partial charge in [0.25, 0.3) is 0 Å². The first kappa shape index (κ1) is 19.9. The van der Waals surface area contributed by atoms with Crippen LogP contribution in [0.2, 0.25) is 0 Å². The van der Waals surface area contributed by atoms with Crippen LogP contribution in [0.4, 0.5) is 5.69 Å². The van der Waals surface area contributed by atoms with E-state index in [2.05, 4.69) is 32.2 Å². The Hall–Kier alpha value is -2.80. The van der Waals surface area contributed by atoms with Gasteiger partial charge in [-0.05, 0) is 50.1 Å². The van der Waals surface area contributed by atoms with Crippen molar-refractivity contribution in [3.63, 3.8) is 0 Å². The van der Waals surface area contributed by atoms with Crippen LogP contribution in [0.15, 0.2) is 59.8 Å². The standard InChI is InChI=1S/C21H24N4O2S/c1-3-27-19-11-9-18(10-12-19)22-20(26)15-28-21-24-23-16(2)25(21)14-13-17-7-5-4-6-8-17/h4-12H,3,13-15H2,1-2H3,(H,22,26). The van der Waals surface area contributed by atoms with Gasteiger partial charge in [-0.15, -0.1) is 10.2 Å². The van der Waals surface area contributed by atoms with Crippen LogP contribution in [0.1, 0.15) is 18.3 Å². The molecule has 0 aliphatic rings. The molecule has 2 aromatic carbocycles. The highest BCUT2D eigenvalue weighted by atomic mass is 32.2. The average Bonchev–Trinajstić information content (AvgIpc) is 3.07. The molecule has 146 valence electrons. The molecular weight excluding hydrogens is 372 g/mol. The second kappa shape index (κ2) is 9.94. The van der Waals surface area contributed by atoms with Crippen LogP contribution in [0, 0.1) is 6.92 Å². The lowest BCUT2D eigenvalue weighted by Crippen LogP contribution is -2.15. The van der Waals surface area contributed by atoms with Crippen LogP contribution in [0.3, 0.4) is 0 Å². The fraction of sp³-hybridized carbons (Fsp3) is 0.286. The molecule has 28 heavy (non-hydrogen) atoms. The van der Waals surface area contributed by atoms with Crippen LogP contribution < -0.4 is 10.1 Å². The summed E-state index contributed by atoms with van der Waals surface area (Å²) in [5.41, 5.74) is 2.01. The van der Waals surface area contributed by atoms with Crippen LogP contribution in [0.25, 0.3) is 0 Å². The Bertz CT molecular complexity index is 895. The molecule has 3 aromatic rings. The number of aryl methyl sites for hydroxylation is 2. The van der Waals surface area contributed by atoms with E-state index in [4.69, 9.17) is 4.74 Å². The summed E-state index contributed by atoms with van der Waals surface area (Å²) in [5.74, 6) is 1.84. The smallest absolute Gasteiger partial charge is 0.234 e. The third-order valence-corrected chi connectivity index (χ3v) is 5.12. The van der Waals surface area contributed by atoms with Gasteiger partial charge < -0.3 is 14.6 Å². The minimum Gasteiger partial charge on any atom is -0.494 e. The minimum absolute atomic E-state index is 0.0792. The van der Waals surface area contributed by atoms with Crippen molar-refractivity contribution >= 4 is 23.4 Å². The number of carbonyl (C=O) groups is 1. The van der Waals surface area contributed by atoms with Crippen molar-refractivity contribution in [3.8, 4) is 5.75 Å². The van der Waals surface area contributed by atoms with Gasteiger partial charge in [-0.2, -0.15) is 0 Å². The van der Waals surface area contributed by atoms with Crippen molar-refractivity contribution in [1.29, 1.82) is 0 Å². The maximum Gasteiger partial charge on any atom is 0.234 e. The van der Waals surface area contributed by atoms with E-state index in [-0.39, 0.29) is 11.7 Å². The molecule has 6 nitrogen and oxygen atoms in total. The van der Waals surface area contributed by atoms with Gasteiger partial charge >= 0.3 is 0 Å². The molecule has 0 fully saturated rings. The zero-order valence-corrected chi connectivity index (χ0v) is 16.9. The molecule has 0 radical (unpaired) electrons. The molecule has 1 aromatic heterocycles. The molecule has 0 bridgehead atoms. The zero-order valence-electron chi connectivity index (χ0n) is 16.1. The number of thioether (sulfide) groups is 1. The Morgan fingerprint density at radius 1 is 1.11 bits per heavy atom. The number of nitrogens with zero attached hydrogens (tertiary/aromatic N) is 3. The molecule has 0 saturated carbocycles. The van der Waals surface area contributed by atoms with Crippen molar-refractivity contribution in [2.24, 2.45) is 0 Å². The lowest BCUT2D eigenvalue weighted by atomic mass is 10.1. The van der Waals surface area contributed by atoms with Crippen molar-refractivity contribution in [1.82, 2.24) is 14.8 Å². The number of hydrogen-bond acceptors (Lipinski definition) is 5. The average molecular weight is 397 g/mol. The number of nitrogens with one attached hydrogen (secondary N) is 1. The van der Waals surface area contributed by atoms with E-state index >= 15 is 0 Å². The zero-order chi connectivity index (χ0) is 19.8. The Kier molecular flexibility index (Phi) is 7.08. The van der Waals surface area contributed by atoms with Gasteiger partial charge in [0.2, 0.25) is 5.91 Å². The molecule has 0 saturated heterocycles. The molecule has 3 rings (SSSR count). The molecule has 1 heterocycles. The van der Waals surface area contributed by atoms with Gasteiger partial charge in [-0.3, -0.25) is 4.79 Å². The fourth-order valence-electron chi connectivity index (χ4n) is 2.74. The fourth-order valence-corrected chi connectivity index (χ4v) is 3.55. The van der Waals surface area contributed by atoms with Gasteiger partial charge in [-0.1, -0.05) is 42.1 Å². The number of rotatable bonds is 9. The number of benzene rings is 2. The molecule has 0 atom stereocenters. The van der Waals surface area contributed by atoms with E-state index in [0.717, 1.165) is 35.4 Å². The Balaban J connectivity index is 1.53. The summed E-state index contributed by atoms with van der Waals surface area (Å²) < 4.78 is 7.46. The molecule has 0 unspecified atom stereocenters. The molecule has 1 N–H and O–H groups in total. The van der Waals surface area contributed by atoms with E-state index in [9.17, 15) is 4.79 Å².